The van der Waals surface area contributed by atoms with Crippen molar-refractivity contribution >= 4 is 17.8 Å². The van der Waals surface area contributed by atoms with Crippen molar-refractivity contribution in [1.29, 1.82) is 0 Å². The number of rotatable bonds is 0. The number of aromatic nitrogens is 2. The molecule has 0 bridgehead atoms. The second-order valence-electron chi connectivity index (χ2n) is 3.23. The van der Waals surface area contributed by atoms with E-state index in [4.69, 9.17) is 0 Å². The largest absolute Gasteiger partial charge is 0.370 e. The highest BCUT2D eigenvalue weighted by Crippen LogP contribution is 2.18. The van der Waals surface area contributed by atoms with Gasteiger partial charge in [0.2, 0.25) is 0 Å². The maximum Gasteiger partial charge on any atom is 0.370 e. The molecular weight excluding hydrogens is 216 g/mol. The van der Waals surface area contributed by atoms with E-state index < -0.39 is 6.03 Å². The second kappa shape index (κ2) is 2.99. The molecule has 3 rings (SSSR count). The van der Waals surface area contributed by atoms with Gasteiger partial charge in [0.15, 0.2) is 16.0 Å². The molecule has 0 aromatic carbocycles. The van der Waals surface area contributed by atoms with Gasteiger partial charge in [-0.2, -0.15) is 9.98 Å². The Bertz CT molecular complexity index is 633. The Morgan fingerprint density at radius 1 is 1.27 bits per heavy atom. The molecule has 0 unspecified atom stereocenters. The van der Waals surface area contributed by atoms with Crippen LogP contribution in [0, 0.1) is 0 Å². The van der Waals surface area contributed by atoms with Crippen molar-refractivity contribution in [3.8, 4) is 0 Å². The first-order chi connectivity index (χ1) is 7.25. The number of carbonyl (C=O) groups is 1. The van der Waals surface area contributed by atoms with Crippen molar-refractivity contribution in [2.75, 3.05) is 5.75 Å². The third kappa shape index (κ3) is 1.23. The minimum absolute atomic E-state index is 0.0891. The summed E-state index contributed by atoms with van der Waals surface area (Å²) >= 11 is 1.51. The zero-order chi connectivity index (χ0) is 10.4. The Hall–Kier alpha value is -1.50. The molecule has 15 heavy (non-hydrogen) atoms. The zero-order valence-corrected chi connectivity index (χ0v) is 8.45. The average molecular weight is 222 g/mol. The first kappa shape index (κ1) is 8.78. The topological polar surface area (TPSA) is 76.7 Å². The van der Waals surface area contributed by atoms with Gasteiger partial charge in [0.1, 0.15) is 0 Å². The highest BCUT2D eigenvalue weighted by Gasteiger charge is 2.18. The van der Waals surface area contributed by atoms with Gasteiger partial charge in [-0.25, -0.2) is 9.78 Å². The minimum Gasteiger partial charge on any atom is -0.286 e. The minimum atomic E-state index is -0.637. The van der Waals surface area contributed by atoms with E-state index in [0.29, 0.717) is 11.7 Å². The number of carbonyl (C=O) groups excluding carboxylic acids is 1. The number of hydrogen-bond donors (Lipinski definition) is 0. The van der Waals surface area contributed by atoms with Crippen LogP contribution in [0.5, 0.6) is 0 Å². The van der Waals surface area contributed by atoms with Crippen molar-refractivity contribution in [3.05, 3.63) is 21.2 Å². The molecule has 0 N–H and O–H groups in total. The van der Waals surface area contributed by atoms with E-state index in [0.717, 1.165) is 12.2 Å². The Morgan fingerprint density at radius 2 is 2.13 bits per heavy atom. The second-order valence-corrected chi connectivity index (χ2v) is 4.29. The van der Waals surface area contributed by atoms with Crippen LogP contribution in [0.4, 0.5) is 4.79 Å². The molecular formula is C8H6N4O2S. The van der Waals surface area contributed by atoms with Crippen LogP contribution in [0.15, 0.2) is 19.9 Å². The van der Waals surface area contributed by atoms with Gasteiger partial charge in [-0.05, 0) is 6.42 Å². The van der Waals surface area contributed by atoms with Gasteiger partial charge in [-0.1, -0.05) is 11.8 Å². The van der Waals surface area contributed by atoms with E-state index in [1.54, 1.807) is 4.57 Å². The number of amides is 2. The van der Waals surface area contributed by atoms with E-state index in [2.05, 4.69) is 15.0 Å². The molecule has 0 aliphatic carbocycles. The van der Waals surface area contributed by atoms with Gasteiger partial charge in [0.25, 0.3) is 5.56 Å². The smallest absolute Gasteiger partial charge is 0.286 e. The Kier molecular flexibility index (Phi) is 1.75. The first-order valence-electron chi connectivity index (χ1n) is 4.51. The molecule has 0 radical (unpaired) electrons. The Balaban J connectivity index is 2.44. The number of fused-ring (bicyclic) bond motifs is 2. The zero-order valence-electron chi connectivity index (χ0n) is 7.63. The summed E-state index contributed by atoms with van der Waals surface area (Å²) < 4.78 is 1.56. The highest BCUT2D eigenvalue weighted by atomic mass is 32.2. The molecule has 0 saturated heterocycles. The number of thioether (sulfide) groups is 1. The lowest BCUT2D eigenvalue weighted by molar-refractivity contribution is 0.256. The van der Waals surface area contributed by atoms with Crippen LogP contribution in [-0.2, 0) is 6.54 Å². The first-order valence-corrected chi connectivity index (χ1v) is 5.49. The molecule has 0 fully saturated rings. The van der Waals surface area contributed by atoms with Crippen molar-refractivity contribution < 1.29 is 4.79 Å². The summed E-state index contributed by atoms with van der Waals surface area (Å²) in [6.45, 7) is 0.644. The molecule has 1 aromatic rings. The van der Waals surface area contributed by atoms with Gasteiger partial charge in [-0.15, -0.1) is 0 Å². The average Bonchev–Trinajstić information content (AvgIpc) is 2.59. The Morgan fingerprint density at radius 3 is 3.00 bits per heavy atom. The molecule has 2 amide bonds. The summed E-state index contributed by atoms with van der Waals surface area (Å²) in [6, 6.07) is -0.637. The van der Waals surface area contributed by atoms with Crippen LogP contribution in [0.1, 0.15) is 6.42 Å². The predicted molar refractivity (Wildman–Crippen MR) is 51.5 cm³/mol. The van der Waals surface area contributed by atoms with Crippen molar-refractivity contribution in [2.45, 2.75) is 18.1 Å². The highest BCUT2D eigenvalue weighted by molar-refractivity contribution is 7.99. The summed E-state index contributed by atoms with van der Waals surface area (Å²) in [4.78, 5) is 34.1. The number of nitrogens with zero attached hydrogens (tertiary/aromatic N) is 4. The molecule has 0 spiro atoms. The van der Waals surface area contributed by atoms with E-state index in [1.807, 2.05) is 0 Å². The lowest BCUT2D eigenvalue weighted by Crippen LogP contribution is -2.47. The molecule has 7 heteroatoms. The lowest BCUT2D eigenvalue weighted by Gasteiger charge is -2.14. The van der Waals surface area contributed by atoms with E-state index in [9.17, 15) is 9.59 Å². The van der Waals surface area contributed by atoms with Crippen LogP contribution in [0.3, 0.4) is 0 Å². The number of urea groups is 1. The molecule has 6 nitrogen and oxygen atoms in total. The van der Waals surface area contributed by atoms with Gasteiger partial charge in [0, 0.05) is 12.3 Å². The molecule has 3 heterocycles. The summed E-state index contributed by atoms with van der Waals surface area (Å²) in [6.07, 6.45) is 0.934. The fourth-order valence-electron chi connectivity index (χ4n) is 1.59. The SMILES string of the molecule is O=C1N=c2nc3n(c(=O)c2=N1)CCCS3. The third-order valence-electron chi connectivity index (χ3n) is 2.26. The fraction of sp³-hybridized carbons (Fsp3) is 0.375. The van der Waals surface area contributed by atoms with Crippen molar-refractivity contribution in [2.24, 2.45) is 9.98 Å². The van der Waals surface area contributed by atoms with Gasteiger partial charge < -0.3 is 0 Å². The van der Waals surface area contributed by atoms with Crippen LogP contribution in [0.2, 0.25) is 0 Å². The van der Waals surface area contributed by atoms with E-state index >= 15 is 0 Å². The summed E-state index contributed by atoms with van der Waals surface area (Å²) in [5, 5.41) is 0.727. The summed E-state index contributed by atoms with van der Waals surface area (Å²) in [7, 11) is 0. The standard InChI is InChI=1S/C8H6N4O2S/c13-6-4-5(10-7(14)9-4)11-8-12(6)2-1-3-15-8/h1-3H2. The molecule has 0 saturated carbocycles. The van der Waals surface area contributed by atoms with Crippen molar-refractivity contribution in [3.63, 3.8) is 0 Å². The van der Waals surface area contributed by atoms with Crippen molar-refractivity contribution in [1.82, 2.24) is 9.55 Å². The lowest BCUT2D eigenvalue weighted by atomic mass is 10.4. The molecule has 2 aliphatic heterocycles. The molecule has 1 aromatic heterocycles. The van der Waals surface area contributed by atoms with Crippen LogP contribution in [-0.4, -0.2) is 21.3 Å². The number of hydrogen-bond acceptors (Lipinski definition) is 4. The summed E-state index contributed by atoms with van der Waals surface area (Å²) in [5.74, 6) is 0.941. The quantitative estimate of drug-likeness (QED) is 0.534. The Labute approximate surface area is 87.8 Å². The van der Waals surface area contributed by atoms with Crippen LogP contribution < -0.4 is 16.4 Å². The van der Waals surface area contributed by atoms with Gasteiger partial charge in [0.05, 0.1) is 0 Å². The van der Waals surface area contributed by atoms with E-state index in [1.165, 1.54) is 11.8 Å². The molecule has 0 atom stereocenters. The third-order valence-corrected chi connectivity index (χ3v) is 3.32. The van der Waals surface area contributed by atoms with Gasteiger partial charge >= 0.3 is 6.03 Å². The molecule has 2 aliphatic rings. The summed E-state index contributed by atoms with van der Waals surface area (Å²) in [5.41, 5.74) is -0.0811. The fourth-order valence-corrected chi connectivity index (χ4v) is 2.53. The van der Waals surface area contributed by atoms with E-state index in [-0.39, 0.29) is 16.4 Å². The maximum atomic E-state index is 11.9. The van der Waals surface area contributed by atoms with Gasteiger partial charge in [-0.3, -0.25) is 9.36 Å². The molecule has 76 valence electrons. The van der Waals surface area contributed by atoms with Crippen LogP contribution in [0.25, 0.3) is 0 Å². The predicted octanol–water partition coefficient (Wildman–Crippen LogP) is -0.888. The maximum absolute atomic E-state index is 11.9. The monoisotopic (exact) mass is 222 g/mol. The van der Waals surface area contributed by atoms with Crippen LogP contribution >= 0.6 is 11.8 Å². The normalized spacial score (nSPS) is 17.7.